The zero-order valence-electron chi connectivity index (χ0n) is 24.0. The van der Waals surface area contributed by atoms with E-state index in [0.717, 1.165) is 55.5 Å². The maximum Gasteiger partial charge on any atom is 0.303 e. The highest BCUT2D eigenvalue weighted by Crippen LogP contribution is 2.67. The normalized spacial score (nSPS) is 50.0. The Morgan fingerprint density at radius 3 is 2.43 bits per heavy atom. The van der Waals surface area contributed by atoms with Gasteiger partial charge in [0, 0.05) is 37.9 Å². The molecule has 0 bridgehead atoms. The quantitative estimate of drug-likeness (QED) is 0.448. The van der Waals surface area contributed by atoms with Crippen molar-refractivity contribution in [1.29, 1.82) is 0 Å². The lowest BCUT2D eigenvalue weighted by Crippen LogP contribution is -2.61. The fourth-order valence-electron chi connectivity index (χ4n) is 11.1. The minimum absolute atomic E-state index is 0.0545. The van der Waals surface area contributed by atoms with Gasteiger partial charge in [0.2, 0.25) is 0 Å². The van der Waals surface area contributed by atoms with E-state index in [0.29, 0.717) is 23.3 Å². The Hall–Kier alpha value is -0.690. The summed E-state index contributed by atoms with van der Waals surface area (Å²) in [6.45, 7) is 12.7. The van der Waals surface area contributed by atoms with Gasteiger partial charge in [-0.25, -0.2) is 0 Å². The molecule has 2 heterocycles. The number of piperidine rings is 1. The third kappa shape index (κ3) is 4.31. The standard InChI is InChI=1S/C31H53N2O4/c1-21(34)37-29-27(33(4)14-6-5-7-15-33)19-25-23-9-8-22-18-28(35)26(32-12-16-36-17-13-32)20-31(22,3)24(23)10-11-30(25,29)2/h22-29,35H,5-20H2,1-4H3/q+1/t22-,23?,24?,25?,26-,27-,28-,29+,30-,31-/m0/s1. The number of nitrogens with zero attached hydrogens (tertiary/aromatic N) is 2. The van der Waals surface area contributed by atoms with Crippen molar-refractivity contribution in [3.05, 3.63) is 0 Å². The number of aliphatic hydroxyl groups is 1. The van der Waals surface area contributed by atoms with E-state index in [1.165, 1.54) is 64.5 Å². The molecule has 4 aliphatic carbocycles. The lowest BCUT2D eigenvalue weighted by molar-refractivity contribution is -0.940. The van der Waals surface area contributed by atoms with E-state index in [-0.39, 0.29) is 29.6 Å². The maximum atomic E-state index is 12.4. The van der Waals surface area contributed by atoms with Crippen molar-refractivity contribution in [2.45, 2.75) is 109 Å². The average molecular weight is 518 g/mol. The number of hydrogen-bond acceptors (Lipinski definition) is 5. The molecule has 0 aromatic carbocycles. The molecule has 6 rings (SSSR count). The number of carbonyl (C=O) groups is 1. The largest absolute Gasteiger partial charge is 0.456 e. The summed E-state index contributed by atoms with van der Waals surface area (Å²) in [5.41, 5.74) is 0.391. The molecule has 2 aliphatic heterocycles. The molecule has 6 nitrogen and oxygen atoms in total. The third-order valence-electron chi connectivity index (χ3n) is 13.1. The van der Waals surface area contributed by atoms with Gasteiger partial charge in [-0.05, 0) is 86.9 Å². The summed E-state index contributed by atoms with van der Waals surface area (Å²) < 4.78 is 13.1. The van der Waals surface area contributed by atoms with Crippen molar-refractivity contribution < 1.29 is 23.9 Å². The van der Waals surface area contributed by atoms with Gasteiger partial charge in [0.15, 0.2) is 6.10 Å². The SMILES string of the molecule is CC(=O)O[C@@H]1[C@@H]([N+]2(C)CCCCC2)CC2C3CC[C@H]4C[C@H](O)[C@@H](N5CCOCC5)C[C@]4(C)C3CC[C@@]21C. The van der Waals surface area contributed by atoms with Crippen molar-refractivity contribution in [3.8, 4) is 0 Å². The van der Waals surface area contributed by atoms with Crippen LogP contribution in [0.5, 0.6) is 0 Å². The molecule has 6 heteroatoms. The van der Waals surface area contributed by atoms with Crippen molar-refractivity contribution in [2.75, 3.05) is 46.4 Å². The highest BCUT2D eigenvalue weighted by molar-refractivity contribution is 5.66. The van der Waals surface area contributed by atoms with Crippen LogP contribution >= 0.6 is 0 Å². The van der Waals surface area contributed by atoms with E-state index in [2.05, 4.69) is 25.8 Å². The fraction of sp³-hybridized carbons (Fsp3) is 0.968. The molecule has 37 heavy (non-hydrogen) atoms. The first-order chi connectivity index (χ1) is 17.7. The molecule has 0 aromatic heterocycles. The molecular weight excluding hydrogens is 464 g/mol. The van der Waals surface area contributed by atoms with Gasteiger partial charge < -0.3 is 19.1 Å². The first-order valence-corrected chi connectivity index (χ1v) is 15.7. The number of hydrogen-bond donors (Lipinski definition) is 1. The number of fused-ring (bicyclic) bond motifs is 5. The number of carbonyl (C=O) groups excluding carboxylic acids is 1. The number of likely N-dealkylation sites (N-methyl/N-ethyl adjacent to an activating group) is 1. The Bertz CT molecular complexity index is 854. The Balaban J connectivity index is 1.28. The second kappa shape index (κ2) is 9.74. The lowest BCUT2D eigenvalue weighted by Gasteiger charge is -2.62. The number of aliphatic hydroxyl groups excluding tert-OH is 1. The molecule has 0 spiro atoms. The van der Waals surface area contributed by atoms with E-state index >= 15 is 0 Å². The van der Waals surface area contributed by atoms with Crippen molar-refractivity contribution >= 4 is 5.97 Å². The van der Waals surface area contributed by atoms with E-state index in [1.807, 2.05) is 0 Å². The van der Waals surface area contributed by atoms with Crippen molar-refractivity contribution in [2.24, 2.45) is 34.5 Å². The predicted octanol–water partition coefficient (Wildman–Crippen LogP) is 4.24. The highest BCUT2D eigenvalue weighted by Gasteiger charge is 2.67. The van der Waals surface area contributed by atoms with Crippen LogP contribution in [0.3, 0.4) is 0 Å². The summed E-state index contributed by atoms with van der Waals surface area (Å²) >= 11 is 0. The molecule has 6 fully saturated rings. The molecule has 6 aliphatic rings. The Kier molecular flexibility index (Phi) is 6.99. The molecular formula is C31H53N2O4+. The number of ether oxygens (including phenoxy) is 2. The second-order valence-corrected chi connectivity index (χ2v) is 14.7. The summed E-state index contributed by atoms with van der Waals surface area (Å²) in [5.74, 6) is 2.64. The zero-order valence-corrected chi connectivity index (χ0v) is 24.0. The van der Waals surface area contributed by atoms with Crippen LogP contribution in [0.15, 0.2) is 0 Å². The van der Waals surface area contributed by atoms with E-state index in [9.17, 15) is 9.90 Å². The lowest BCUT2D eigenvalue weighted by atomic mass is 9.44. The number of morpholine rings is 1. The Labute approximate surface area is 225 Å². The van der Waals surface area contributed by atoms with E-state index < -0.39 is 0 Å². The number of rotatable bonds is 3. The van der Waals surface area contributed by atoms with Crippen LogP contribution < -0.4 is 0 Å². The summed E-state index contributed by atoms with van der Waals surface area (Å²) in [6.07, 6.45) is 12.1. The van der Waals surface area contributed by atoms with Crippen LogP contribution in [0.2, 0.25) is 0 Å². The minimum Gasteiger partial charge on any atom is -0.456 e. The molecule has 0 aromatic rings. The van der Waals surface area contributed by atoms with Gasteiger partial charge in [-0.3, -0.25) is 9.69 Å². The van der Waals surface area contributed by atoms with Gasteiger partial charge in [-0.2, -0.15) is 0 Å². The van der Waals surface area contributed by atoms with Crippen LogP contribution in [-0.4, -0.2) is 91.2 Å². The summed E-state index contributed by atoms with van der Waals surface area (Å²) in [4.78, 5) is 15.0. The average Bonchev–Trinajstić information content (AvgIpc) is 3.17. The van der Waals surface area contributed by atoms with Crippen LogP contribution in [0.25, 0.3) is 0 Å². The molecule has 4 saturated carbocycles. The van der Waals surface area contributed by atoms with Gasteiger partial charge >= 0.3 is 5.97 Å². The molecule has 210 valence electrons. The van der Waals surface area contributed by atoms with Gasteiger partial charge in [-0.1, -0.05) is 13.8 Å². The maximum absolute atomic E-state index is 12.4. The van der Waals surface area contributed by atoms with Gasteiger partial charge in [0.1, 0.15) is 6.04 Å². The number of likely N-dealkylation sites (tertiary alicyclic amines) is 1. The second-order valence-electron chi connectivity index (χ2n) is 14.7. The van der Waals surface area contributed by atoms with Crippen LogP contribution in [0.4, 0.5) is 0 Å². The fourth-order valence-corrected chi connectivity index (χ4v) is 11.1. The molecule has 2 saturated heterocycles. The summed E-state index contributed by atoms with van der Waals surface area (Å²) in [5, 5.41) is 11.3. The van der Waals surface area contributed by atoms with E-state index in [4.69, 9.17) is 9.47 Å². The molecule has 3 unspecified atom stereocenters. The molecule has 0 radical (unpaired) electrons. The molecule has 10 atom stereocenters. The molecule has 1 N–H and O–H groups in total. The topological polar surface area (TPSA) is 59.0 Å². The van der Waals surface area contributed by atoms with Crippen LogP contribution in [0.1, 0.15) is 85.0 Å². The monoisotopic (exact) mass is 517 g/mol. The number of esters is 1. The van der Waals surface area contributed by atoms with Gasteiger partial charge in [0.25, 0.3) is 0 Å². The van der Waals surface area contributed by atoms with Crippen LogP contribution in [0, 0.1) is 34.5 Å². The Morgan fingerprint density at radius 1 is 1.00 bits per heavy atom. The van der Waals surface area contributed by atoms with Crippen molar-refractivity contribution in [3.63, 3.8) is 0 Å². The third-order valence-corrected chi connectivity index (χ3v) is 13.1. The van der Waals surface area contributed by atoms with Crippen LogP contribution in [-0.2, 0) is 14.3 Å². The van der Waals surface area contributed by atoms with E-state index in [1.54, 1.807) is 6.92 Å². The highest BCUT2D eigenvalue weighted by atomic mass is 16.5. The van der Waals surface area contributed by atoms with Gasteiger partial charge in [0.05, 0.1) is 39.5 Å². The van der Waals surface area contributed by atoms with Gasteiger partial charge in [-0.15, -0.1) is 0 Å². The van der Waals surface area contributed by atoms with Crippen molar-refractivity contribution in [1.82, 2.24) is 4.90 Å². The minimum atomic E-state index is -0.200. The summed E-state index contributed by atoms with van der Waals surface area (Å²) in [7, 11) is 2.46. The smallest absolute Gasteiger partial charge is 0.303 e. The molecule has 0 amide bonds. The Morgan fingerprint density at radius 2 is 1.73 bits per heavy atom. The first-order valence-electron chi connectivity index (χ1n) is 15.7. The summed E-state index contributed by atoms with van der Waals surface area (Å²) in [6, 6.07) is 0.720. The number of quaternary nitrogens is 1. The first kappa shape index (κ1) is 26.5. The zero-order chi connectivity index (χ0) is 26.0. The predicted molar refractivity (Wildman–Crippen MR) is 144 cm³/mol.